The van der Waals surface area contributed by atoms with Gasteiger partial charge in [0, 0.05) is 11.8 Å². The van der Waals surface area contributed by atoms with Crippen molar-refractivity contribution in [3.8, 4) is 0 Å². The molecular formula is C5H8N2O2. The van der Waals surface area contributed by atoms with Gasteiger partial charge in [0.15, 0.2) is 0 Å². The number of hydroxylamine groups is 1. The molecule has 0 saturated carbocycles. The molecule has 0 atom stereocenters. The number of amides is 1. The molecule has 0 heterocycles. The Morgan fingerprint density at radius 2 is 2.22 bits per heavy atom. The van der Waals surface area contributed by atoms with Gasteiger partial charge in [0.05, 0.1) is 0 Å². The third-order valence-electron chi connectivity index (χ3n) is 0.595. The summed E-state index contributed by atoms with van der Waals surface area (Å²) in [5, 5.41) is 14.7. The largest absolute Gasteiger partial charge is 0.306 e. The maximum atomic E-state index is 10.2. The second-order valence-corrected chi connectivity index (χ2v) is 1.49. The molecule has 0 saturated heterocycles. The van der Waals surface area contributed by atoms with Crippen LogP contribution in [0.2, 0.25) is 0 Å². The van der Waals surface area contributed by atoms with Crippen molar-refractivity contribution < 1.29 is 10.0 Å². The van der Waals surface area contributed by atoms with E-state index < -0.39 is 5.91 Å². The zero-order valence-corrected chi connectivity index (χ0v) is 5.01. The average Bonchev–Trinajstić information content (AvgIpc) is 1.83. The fourth-order valence-electron chi connectivity index (χ4n) is 0.238. The smallest absolute Gasteiger partial charge is 0.267 e. The Morgan fingerprint density at radius 3 is 2.56 bits per heavy atom. The lowest BCUT2D eigenvalue weighted by Gasteiger charge is -1.85. The lowest BCUT2D eigenvalue weighted by Crippen LogP contribution is -2.15. The summed E-state index contributed by atoms with van der Waals surface area (Å²) >= 11 is 0. The molecular weight excluding hydrogens is 120 g/mol. The second kappa shape index (κ2) is 3.80. The molecule has 0 spiro atoms. The van der Waals surface area contributed by atoms with Gasteiger partial charge in [-0.05, 0) is 13.0 Å². The minimum absolute atomic E-state index is 0.263. The molecule has 0 aromatic carbocycles. The lowest BCUT2D eigenvalue weighted by atomic mass is 10.4. The van der Waals surface area contributed by atoms with Gasteiger partial charge < -0.3 is 5.41 Å². The van der Waals surface area contributed by atoms with Crippen LogP contribution in [0.5, 0.6) is 0 Å². The van der Waals surface area contributed by atoms with Gasteiger partial charge in [0.1, 0.15) is 0 Å². The summed E-state index contributed by atoms with van der Waals surface area (Å²) in [5.74, 6) is -0.624. The molecule has 4 heteroatoms. The molecule has 50 valence electrons. The number of nitrogens with one attached hydrogen (secondary N) is 2. The van der Waals surface area contributed by atoms with E-state index in [1.807, 2.05) is 0 Å². The van der Waals surface area contributed by atoms with Gasteiger partial charge >= 0.3 is 0 Å². The Hall–Kier alpha value is -1.16. The molecule has 9 heavy (non-hydrogen) atoms. The maximum absolute atomic E-state index is 10.2. The van der Waals surface area contributed by atoms with Crippen molar-refractivity contribution in [3.05, 3.63) is 12.2 Å². The molecule has 3 N–H and O–H groups in total. The standard InChI is InChI=1S/C5H8N2O2/c1-4(6)2-3-5(8)7-9/h2-3,6,9H,1H3,(H,7,8)/b3-2+,6-4?. The summed E-state index contributed by atoms with van der Waals surface area (Å²) in [6.45, 7) is 1.53. The highest BCUT2D eigenvalue weighted by Gasteiger charge is 1.87. The zero-order valence-electron chi connectivity index (χ0n) is 5.01. The highest BCUT2D eigenvalue weighted by atomic mass is 16.5. The first-order valence-electron chi connectivity index (χ1n) is 2.34. The minimum atomic E-state index is -0.624. The first-order chi connectivity index (χ1) is 4.16. The number of carbonyl (C=O) groups is 1. The van der Waals surface area contributed by atoms with E-state index in [2.05, 4.69) is 0 Å². The molecule has 1 amide bonds. The monoisotopic (exact) mass is 128 g/mol. The van der Waals surface area contributed by atoms with Crippen molar-refractivity contribution >= 4 is 11.6 Å². The third-order valence-corrected chi connectivity index (χ3v) is 0.595. The van der Waals surface area contributed by atoms with Gasteiger partial charge in [0.2, 0.25) is 0 Å². The molecule has 0 aliphatic carbocycles. The van der Waals surface area contributed by atoms with Crippen molar-refractivity contribution in [2.45, 2.75) is 6.92 Å². The Kier molecular flexibility index (Phi) is 3.31. The van der Waals surface area contributed by atoms with E-state index in [-0.39, 0.29) is 5.71 Å². The lowest BCUT2D eigenvalue weighted by molar-refractivity contribution is -0.124. The van der Waals surface area contributed by atoms with Crippen molar-refractivity contribution in [1.29, 1.82) is 5.41 Å². The molecule has 0 aromatic heterocycles. The summed E-state index contributed by atoms with van der Waals surface area (Å²) in [7, 11) is 0. The normalized spacial score (nSPS) is 9.56. The molecule has 0 radical (unpaired) electrons. The topological polar surface area (TPSA) is 73.2 Å². The first-order valence-corrected chi connectivity index (χ1v) is 2.34. The Labute approximate surface area is 52.7 Å². The van der Waals surface area contributed by atoms with Gasteiger partial charge in [-0.2, -0.15) is 0 Å². The van der Waals surface area contributed by atoms with Crippen LogP contribution in [0.25, 0.3) is 0 Å². The molecule has 0 bridgehead atoms. The molecule has 0 aliphatic heterocycles. The Bertz CT molecular complexity index is 151. The Morgan fingerprint density at radius 1 is 1.67 bits per heavy atom. The number of hydrogen-bond acceptors (Lipinski definition) is 3. The van der Waals surface area contributed by atoms with Crippen molar-refractivity contribution in [2.24, 2.45) is 0 Å². The second-order valence-electron chi connectivity index (χ2n) is 1.49. The zero-order chi connectivity index (χ0) is 7.28. The summed E-state index contributed by atoms with van der Waals surface area (Å²) in [5.41, 5.74) is 1.66. The highest BCUT2D eigenvalue weighted by Crippen LogP contribution is 1.74. The number of allylic oxidation sites excluding steroid dienone is 1. The quantitative estimate of drug-likeness (QED) is 0.213. The first kappa shape index (κ1) is 7.84. The summed E-state index contributed by atoms with van der Waals surface area (Å²) in [4.78, 5) is 10.2. The van der Waals surface area contributed by atoms with Crippen LogP contribution in [0.1, 0.15) is 6.92 Å². The predicted molar refractivity (Wildman–Crippen MR) is 32.5 cm³/mol. The van der Waals surface area contributed by atoms with Crippen molar-refractivity contribution in [1.82, 2.24) is 5.48 Å². The van der Waals surface area contributed by atoms with E-state index in [1.165, 1.54) is 18.5 Å². The summed E-state index contributed by atoms with van der Waals surface area (Å²) in [6.07, 6.45) is 2.36. The highest BCUT2D eigenvalue weighted by molar-refractivity contribution is 5.97. The summed E-state index contributed by atoms with van der Waals surface area (Å²) in [6, 6.07) is 0. The van der Waals surface area contributed by atoms with Gasteiger partial charge in [-0.25, -0.2) is 5.48 Å². The van der Waals surface area contributed by atoms with Crippen LogP contribution < -0.4 is 5.48 Å². The Balaban J connectivity index is 3.71. The number of hydrogen-bond donors (Lipinski definition) is 3. The molecule has 0 rings (SSSR count). The molecule has 0 fully saturated rings. The van der Waals surface area contributed by atoms with Crippen molar-refractivity contribution in [3.63, 3.8) is 0 Å². The van der Waals surface area contributed by atoms with Crippen LogP contribution in [0, 0.1) is 5.41 Å². The van der Waals surface area contributed by atoms with Crippen molar-refractivity contribution in [2.75, 3.05) is 0 Å². The number of rotatable bonds is 2. The fraction of sp³-hybridized carbons (Fsp3) is 0.200. The molecule has 0 aliphatic rings. The SMILES string of the molecule is CC(=N)/C=C/C(=O)NO. The van der Waals surface area contributed by atoms with E-state index in [0.717, 1.165) is 6.08 Å². The third kappa shape index (κ3) is 4.70. The van der Waals surface area contributed by atoms with Gasteiger partial charge in [-0.15, -0.1) is 0 Å². The van der Waals surface area contributed by atoms with E-state index in [1.54, 1.807) is 0 Å². The predicted octanol–water partition coefficient (Wildman–Crippen LogP) is 0.0877. The van der Waals surface area contributed by atoms with E-state index >= 15 is 0 Å². The molecule has 0 unspecified atom stereocenters. The maximum Gasteiger partial charge on any atom is 0.267 e. The molecule has 0 aromatic rings. The minimum Gasteiger partial charge on any atom is -0.306 e. The molecule has 4 nitrogen and oxygen atoms in total. The van der Waals surface area contributed by atoms with Crippen LogP contribution in [0.15, 0.2) is 12.2 Å². The van der Waals surface area contributed by atoms with Crippen LogP contribution in [-0.4, -0.2) is 16.8 Å². The van der Waals surface area contributed by atoms with Crippen LogP contribution in [0.4, 0.5) is 0 Å². The average molecular weight is 128 g/mol. The van der Waals surface area contributed by atoms with Gasteiger partial charge in [-0.3, -0.25) is 10.0 Å². The van der Waals surface area contributed by atoms with Gasteiger partial charge in [0.25, 0.3) is 5.91 Å². The van der Waals surface area contributed by atoms with E-state index in [9.17, 15) is 4.79 Å². The number of carbonyl (C=O) groups excluding carboxylic acids is 1. The van der Waals surface area contributed by atoms with Gasteiger partial charge in [-0.1, -0.05) is 0 Å². The fourth-order valence-corrected chi connectivity index (χ4v) is 0.238. The van der Waals surface area contributed by atoms with Crippen LogP contribution in [-0.2, 0) is 4.79 Å². The van der Waals surface area contributed by atoms with E-state index in [4.69, 9.17) is 10.6 Å². The van der Waals surface area contributed by atoms with Crippen LogP contribution in [0.3, 0.4) is 0 Å². The van der Waals surface area contributed by atoms with Crippen LogP contribution >= 0.6 is 0 Å². The van der Waals surface area contributed by atoms with E-state index in [0.29, 0.717) is 0 Å². The summed E-state index contributed by atoms with van der Waals surface area (Å²) < 4.78 is 0.